The Hall–Kier alpha value is -2.16. The van der Waals surface area contributed by atoms with Crippen LogP contribution in [0.3, 0.4) is 0 Å². The lowest BCUT2D eigenvalue weighted by Gasteiger charge is -2.29. The number of ether oxygens (including phenoxy) is 1. The van der Waals surface area contributed by atoms with E-state index in [1.165, 1.54) is 11.3 Å². The van der Waals surface area contributed by atoms with Gasteiger partial charge in [-0.2, -0.15) is 0 Å². The summed E-state index contributed by atoms with van der Waals surface area (Å²) in [5, 5.41) is 5.24. The van der Waals surface area contributed by atoms with Crippen molar-refractivity contribution in [3.8, 4) is 5.75 Å². The van der Waals surface area contributed by atoms with Gasteiger partial charge in [-0.3, -0.25) is 9.59 Å². The van der Waals surface area contributed by atoms with Gasteiger partial charge < -0.3 is 20.7 Å². The highest BCUT2D eigenvalue weighted by Crippen LogP contribution is 2.31. The van der Waals surface area contributed by atoms with Crippen molar-refractivity contribution in [1.29, 1.82) is 0 Å². The zero-order valence-corrected chi connectivity index (χ0v) is 15.1. The van der Waals surface area contributed by atoms with Gasteiger partial charge in [-0.1, -0.05) is 12.1 Å². The number of benzene rings is 1. The highest BCUT2D eigenvalue weighted by atomic mass is 35.5. The minimum atomic E-state index is -0.223. The second-order valence-corrected chi connectivity index (χ2v) is 6.18. The molecule has 25 heavy (non-hydrogen) atoms. The lowest BCUT2D eigenvalue weighted by atomic mass is 10.2. The van der Waals surface area contributed by atoms with Gasteiger partial charge in [0.05, 0.1) is 5.69 Å². The van der Waals surface area contributed by atoms with E-state index in [2.05, 4.69) is 10.3 Å². The lowest BCUT2D eigenvalue weighted by Crippen LogP contribution is -2.40. The zero-order chi connectivity index (χ0) is 16.9. The Morgan fingerprint density at radius 2 is 2.20 bits per heavy atom. The van der Waals surface area contributed by atoms with Crippen molar-refractivity contribution in [2.75, 3.05) is 24.6 Å². The largest absolute Gasteiger partial charge is 0.482 e. The summed E-state index contributed by atoms with van der Waals surface area (Å²) in [4.78, 5) is 29.8. The predicted molar refractivity (Wildman–Crippen MR) is 98.5 cm³/mol. The van der Waals surface area contributed by atoms with Gasteiger partial charge in [0.1, 0.15) is 16.5 Å². The Bertz CT molecular complexity index is 752. The Kier molecular flexibility index (Phi) is 6.74. The van der Waals surface area contributed by atoms with Crippen LogP contribution in [0, 0.1) is 0 Å². The first-order valence-corrected chi connectivity index (χ1v) is 8.52. The zero-order valence-electron chi connectivity index (χ0n) is 13.4. The van der Waals surface area contributed by atoms with Gasteiger partial charge in [0.25, 0.3) is 11.8 Å². The summed E-state index contributed by atoms with van der Waals surface area (Å²) in [6.07, 6.45) is 0.639. The number of carbonyl (C=O) groups excluding carboxylic acids is 2. The maximum absolute atomic E-state index is 12.0. The van der Waals surface area contributed by atoms with Gasteiger partial charge in [0.2, 0.25) is 0 Å². The molecule has 0 fully saturated rings. The number of hydrogen-bond acceptors (Lipinski definition) is 6. The van der Waals surface area contributed by atoms with Gasteiger partial charge in [0, 0.05) is 25.0 Å². The molecule has 0 atom stereocenters. The number of rotatable bonds is 6. The molecule has 0 spiro atoms. The molecule has 3 N–H and O–H groups in total. The van der Waals surface area contributed by atoms with E-state index < -0.39 is 0 Å². The average Bonchev–Trinajstić information content (AvgIpc) is 3.09. The van der Waals surface area contributed by atoms with Crippen LogP contribution in [0.25, 0.3) is 0 Å². The normalized spacial score (nSPS) is 12.8. The maximum Gasteiger partial charge on any atom is 0.270 e. The molecule has 134 valence electrons. The SMILES string of the molecule is Cl.NCc1nc(C(=O)NCCCN2C(=O)COc3ccccc32)cs1. The third-order valence-corrected chi connectivity index (χ3v) is 4.48. The predicted octanol–water partition coefficient (Wildman–Crippen LogP) is 1.57. The molecular formula is C16H19ClN4O3S. The van der Waals surface area contributed by atoms with Gasteiger partial charge in [-0.25, -0.2) is 4.98 Å². The molecule has 2 aromatic rings. The molecule has 2 heterocycles. The molecule has 0 radical (unpaired) electrons. The topological polar surface area (TPSA) is 97.5 Å². The van der Waals surface area contributed by atoms with Crippen LogP contribution in [0.2, 0.25) is 0 Å². The number of nitrogens with one attached hydrogen (secondary N) is 1. The fourth-order valence-electron chi connectivity index (χ4n) is 2.44. The number of amides is 2. The number of para-hydroxylation sites is 2. The highest BCUT2D eigenvalue weighted by molar-refractivity contribution is 7.09. The Morgan fingerprint density at radius 1 is 1.40 bits per heavy atom. The maximum atomic E-state index is 12.0. The number of nitrogens with two attached hydrogens (primary N) is 1. The van der Waals surface area contributed by atoms with E-state index in [0.29, 0.717) is 37.5 Å². The van der Waals surface area contributed by atoms with E-state index in [9.17, 15) is 9.59 Å². The Labute approximate surface area is 155 Å². The summed E-state index contributed by atoms with van der Waals surface area (Å²) in [6.45, 7) is 1.35. The fourth-order valence-corrected chi connectivity index (χ4v) is 3.09. The van der Waals surface area contributed by atoms with Crippen molar-refractivity contribution in [2.24, 2.45) is 5.73 Å². The van der Waals surface area contributed by atoms with Crippen molar-refractivity contribution in [3.63, 3.8) is 0 Å². The summed E-state index contributed by atoms with van der Waals surface area (Å²) < 4.78 is 5.40. The van der Waals surface area contributed by atoms with Crippen molar-refractivity contribution < 1.29 is 14.3 Å². The molecule has 9 heteroatoms. The molecule has 1 aliphatic rings. The number of hydrogen-bond donors (Lipinski definition) is 2. The van der Waals surface area contributed by atoms with Crippen LogP contribution in [-0.4, -0.2) is 36.5 Å². The monoisotopic (exact) mass is 382 g/mol. The van der Waals surface area contributed by atoms with Crippen LogP contribution in [0.15, 0.2) is 29.6 Å². The van der Waals surface area contributed by atoms with Crippen molar-refractivity contribution in [2.45, 2.75) is 13.0 Å². The van der Waals surface area contributed by atoms with Crippen LogP contribution in [0.5, 0.6) is 5.75 Å². The molecule has 0 aliphatic carbocycles. The number of anilines is 1. The van der Waals surface area contributed by atoms with Crippen LogP contribution in [0.4, 0.5) is 5.69 Å². The number of aromatic nitrogens is 1. The first kappa shape index (κ1) is 19.2. The van der Waals surface area contributed by atoms with E-state index in [1.54, 1.807) is 10.3 Å². The molecule has 1 aliphatic heterocycles. The van der Waals surface area contributed by atoms with Gasteiger partial charge in [-0.05, 0) is 18.6 Å². The fraction of sp³-hybridized carbons (Fsp3) is 0.312. The standard InChI is InChI=1S/C16H18N4O3S.ClH/c17-8-14-19-11(10-24-14)16(22)18-6-3-7-20-12-4-1-2-5-13(12)23-9-15(20)21;/h1-2,4-5,10H,3,6-9,17H2,(H,18,22);1H. The molecular weight excluding hydrogens is 364 g/mol. The molecule has 1 aromatic heterocycles. The number of fused-ring (bicyclic) bond motifs is 1. The quantitative estimate of drug-likeness (QED) is 0.739. The van der Waals surface area contributed by atoms with Crippen molar-refractivity contribution in [3.05, 3.63) is 40.3 Å². The van der Waals surface area contributed by atoms with Crippen LogP contribution >= 0.6 is 23.7 Å². The average molecular weight is 383 g/mol. The number of thiazole rings is 1. The summed E-state index contributed by atoms with van der Waals surface area (Å²) in [7, 11) is 0. The number of carbonyl (C=O) groups is 2. The van der Waals surface area contributed by atoms with Crippen molar-refractivity contribution >= 4 is 41.2 Å². The highest BCUT2D eigenvalue weighted by Gasteiger charge is 2.24. The van der Waals surface area contributed by atoms with Crippen molar-refractivity contribution in [1.82, 2.24) is 10.3 Å². The van der Waals surface area contributed by atoms with Gasteiger partial charge in [0.15, 0.2) is 6.61 Å². The molecule has 0 bridgehead atoms. The van der Waals surface area contributed by atoms with E-state index >= 15 is 0 Å². The minimum absolute atomic E-state index is 0. The van der Waals surface area contributed by atoms with E-state index in [4.69, 9.17) is 10.5 Å². The summed E-state index contributed by atoms with van der Waals surface area (Å²) in [5.74, 6) is 0.407. The molecule has 3 rings (SSSR count). The third kappa shape index (κ3) is 4.47. The molecule has 0 unspecified atom stereocenters. The first-order chi connectivity index (χ1) is 11.7. The van der Waals surface area contributed by atoms with Crippen LogP contribution < -0.4 is 20.7 Å². The minimum Gasteiger partial charge on any atom is -0.482 e. The first-order valence-electron chi connectivity index (χ1n) is 7.64. The number of halogens is 1. The second-order valence-electron chi connectivity index (χ2n) is 5.24. The van der Waals surface area contributed by atoms with Crippen LogP contribution in [-0.2, 0) is 11.3 Å². The van der Waals surface area contributed by atoms with E-state index in [1.807, 2.05) is 24.3 Å². The van der Waals surface area contributed by atoms with E-state index in [0.717, 1.165) is 10.7 Å². The molecule has 0 saturated heterocycles. The Balaban J connectivity index is 0.00000225. The summed E-state index contributed by atoms with van der Waals surface area (Å²) in [5.41, 5.74) is 6.64. The number of nitrogens with zero attached hydrogens (tertiary/aromatic N) is 2. The third-order valence-electron chi connectivity index (χ3n) is 3.61. The molecule has 2 amide bonds. The van der Waals surface area contributed by atoms with Gasteiger partial charge >= 0.3 is 0 Å². The summed E-state index contributed by atoms with van der Waals surface area (Å²) >= 11 is 1.37. The lowest BCUT2D eigenvalue weighted by molar-refractivity contribution is -0.121. The Morgan fingerprint density at radius 3 is 2.96 bits per heavy atom. The molecule has 1 aromatic carbocycles. The van der Waals surface area contributed by atoms with Gasteiger partial charge in [-0.15, -0.1) is 23.7 Å². The molecule has 0 saturated carbocycles. The molecule has 7 nitrogen and oxygen atoms in total. The van der Waals surface area contributed by atoms with E-state index in [-0.39, 0.29) is 30.8 Å². The van der Waals surface area contributed by atoms with Crippen LogP contribution in [0.1, 0.15) is 21.9 Å². The second kappa shape index (κ2) is 8.80. The smallest absolute Gasteiger partial charge is 0.270 e. The summed E-state index contributed by atoms with van der Waals surface area (Å²) in [6, 6.07) is 7.44.